The number of para-hydroxylation sites is 2. The van der Waals surface area contributed by atoms with Crippen LogP contribution in [-0.4, -0.2) is 9.97 Å². The Morgan fingerprint density at radius 3 is 1.73 bits per heavy atom. The van der Waals surface area contributed by atoms with Crippen molar-refractivity contribution in [1.29, 1.82) is 0 Å². The van der Waals surface area contributed by atoms with Gasteiger partial charge in [-0.3, -0.25) is 0 Å². The molecule has 0 aliphatic carbocycles. The number of aromatic nitrogens is 2. The summed E-state index contributed by atoms with van der Waals surface area (Å²) in [5.74, 6) is 0. The molecule has 0 amide bonds. The topological polar surface area (TPSA) is 25.8 Å². The molecule has 0 radical (unpaired) electrons. The van der Waals surface area contributed by atoms with Crippen molar-refractivity contribution >= 4 is 43.1 Å². The molecule has 4 aromatic carbocycles. The van der Waals surface area contributed by atoms with Gasteiger partial charge in [-0.15, -0.1) is 22.7 Å². The third-order valence-electron chi connectivity index (χ3n) is 5.18. The van der Waals surface area contributed by atoms with Crippen LogP contribution in [0.4, 0.5) is 0 Å². The number of nitrogens with zero attached hydrogens (tertiary/aromatic N) is 2. The van der Waals surface area contributed by atoms with Gasteiger partial charge in [-0.25, -0.2) is 9.97 Å². The minimum absolute atomic E-state index is 1.03. The molecular weight excluding hydrogens is 404 g/mol. The van der Waals surface area contributed by atoms with E-state index in [4.69, 9.17) is 9.97 Å². The number of fused-ring (bicyclic) bond motifs is 2. The second kappa shape index (κ2) is 7.17. The fourth-order valence-corrected chi connectivity index (χ4v) is 5.82. The maximum absolute atomic E-state index is 5.00. The summed E-state index contributed by atoms with van der Waals surface area (Å²) >= 11 is 3.48. The summed E-state index contributed by atoms with van der Waals surface area (Å²) in [4.78, 5) is 9.96. The molecular formula is C26H16N2S2. The van der Waals surface area contributed by atoms with Crippen LogP contribution in [0.25, 0.3) is 52.7 Å². The molecule has 0 aliphatic rings. The van der Waals surface area contributed by atoms with Crippen LogP contribution in [0.1, 0.15) is 0 Å². The molecule has 0 fully saturated rings. The van der Waals surface area contributed by atoms with E-state index >= 15 is 0 Å². The SMILES string of the molecule is c1ccc(-c2cccc(-c3nc4ccccc4s3)c2-c2nc3ccccc3s2)cc1. The van der Waals surface area contributed by atoms with E-state index in [9.17, 15) is 0 Å². The Kier molecular flexibility index (Phi) is 4.18. The van der Waals surface area contributed by atoms with Gasteiger partial charge in [0, 0.05) is 11.1 Å². The van der Waals surface area contributed by atoms with Crippen LogP contribution in [0.5, 0.6) is 0 Å². The maximum atomic E-state index is 5.00. The standard InChI is InChI=1S/C26H16N2S2/c1-2-9-17(10-3-1)18-11-8-12-19(25-27-20-13-4-6-15-22(20)29-25)24(18)26-28-21-14-5-7-16-23(21)30-26/h1-16H. The van der Waals surface area contributed by atoms with Gasteiger partial charge >= 0.3 is 0 Å². The lowest BCUT2D eigenvalue weighted by atomic mass is 9.96. The molecule has 2 heterocycles. The lowest BCUT2D eigenvalue weighted by Gasteiger charge is -2.12. The summed E-state index contributed by atoms with van der Waals surface area (Å²) in [6.07, 6.45) is 0. The fourth-order valence-electron chi connectivity index (χ4n) is 3.79. The predicted octanol–water partition coefficient (Wildman–Crippen LogP) is 7.91. The minimum atomic E-state index is 1.03. The molecule has 0 aliphatic heterocycles. The van der Waals surface area contributed by atoms with Crippen LogP contribution < -0.4 is 0 Å². The van der Waals surface area contributed by atoms with Crippen LogP contribution in [-0.2, 0) is 0 Å². The first-order valence-electron chi connectivity index (χ1n) is 9.77. The quantitative estimate of drug-likeness (QED) is 0.291. The first-order valence-corrected chi connectivity index (χ1v) is 11.4. The Morgan fingerprint density at radius 1 is 0.467 bits per heavy atom. The fraction of sp³-hybridized carbons (Fsp3) is 0. The summed E-state index contributed by atoms with van der Waals surface area (Å²) in [6.45, 7) is 0. The molecule has 30 heavy (non-hydrogen) atoms. The average Bonchev–Trinajstić information content (AvgIpc) is 3.43. The van der Waals surface area contributed by atoms with Gasteiger partial charge in [0.05, 0.1) is 20.4 Å². The van der Waals surface area contributed by atoms with E-state index in [2.05, 4.69) is 84.9 Å². The van der Waals surface area contributed by atoms with Crippen LogP contribution in [0.15, 0.2) is 97.1 Å². The Morgan fingerprint density at radius 2 is 1.03 bits per heavy atom. The van der Waals surface area contributed by atoms with Gasteiger partial charge in [0.2, 0.25) is 0 Å². The van der Waals surface area contributed by atoms with E-state index in [1.807, 2.05) is 12.1 Å². The Labute approximate surface area is 182 Å². The zero-order valence-corrected chi connectivity index (χ0v) is 17.6. The molecule has 0 atom stereocenters. The summed E-state index contributed by atoms with van der Waals surface area (Å²) < 4.78 is 2.40. The van der Waals surface area contributed by atoms with Crippen molar-refractivity contribution in [2.24, 2.45) is 0 Å². The zero-order chi connectivity index (χ0) is 19.9. The Balaban J connectivity index is 1.66. The van der Waals surface area contributed by atoms with E-state index in [1.54, 1.807) is 22.7 Å². The average molecular weight is 421 g/mol. The largest absolute Gasteiger partial charge is 0.236 e. The first kappa shape index (κ1) is 17.5. The minimum Gasteiger partial charge on any atom is -0.236 e. The summed E-state index contributed by atoms with van der Waals surface area (Å²) in [7, 11) is 0. The molecule has 6 rings (SSSR count). The number of thiazole rings is 2. The molecule has 6 aromatic rings. The van der Waals surface area contributed by atoms with Gasteiger partial charge in [0.25, 0.3) is 0 Å². The maximum Gasteiger partial charge on any atom is 0.125 e. The van der Waals surface area contributed by atoms with Crippen LogP contribution >= 0.6 is 22.7 Å². The van der Waals surface area contributed by atoms with Gasteiger partial charge in [0.1, 0.15) is 10.0 Å². The Bertz CT molecular complexity index is 1430. The predicted molar refractivity (Wildman–Crippen MR) is 129 cm³/mol. The number of hydrogen-bond donors (Lipinski definition) is 0. The molecule has 142 valence electrons. The molecule has 0 saturated heterocycles. The molecule has 4 heteroatoms. The van der Waals surface area contributed by atoms with Crippen LogP contribution in [0.2, 0.25) is 0 Å². The molecule has 0 N–H and O–H groups in total. The van der Waals surface area contributed by atoms with Crippen molar-refractivity contribution in [2.75, 3.05) is 0 Å². The molecule has 2 nitrogen and oxygen atoms in total. The van der Waals surface area contributed by atoms with Crippen LogP contribution in [0.3, 0.4) is 0 Å². The van der Waals surface area contributed by atoms with Gasteiger partial charge in [0.15, 0.2) is 0 Å². The highest BCUT2D eigenvalue weighted by Gasteiger charge is 2.19. The van der Waals surface area contributed by atoms with Crippen molar-refractivity contribution in [3.8, 4) is 32.3 Å². The van der Waals surface area contributed by atoms with E-state index < -0.39 is 0 Å². The van der Waals surface area contributed by atoms with Gasteiger partial charge < -0.3 is 0 Å². The summed E-state index contributed by atoms with van der Waals surface area (Å²) in [6, 6.07) is 33.7. The second-order valence-corrected chi connectivity index (χ2v) is 9.13. The second-order valence-electron chi connectivity index (χ2n) is 7.07. The van der Waals surface area contributed by atoms with Crippen molar-refractivity contribution in [1.82, 2.24) is 9.97 Å². The van der Waals surface area contributed by atoms with Crippen molar-refractivity contribution in [2.45, 2.75) is 0 Å². The monoisotopic (exact) mass is 420 g/mol. The highest BCUT2D eigenvalue weighted by Crippen LogP contribution is 2.44. The highest BCUT2D eigenvalue weighted by molar-refractivity contribution is 7.22. The first-order chi connectivity index (χ1) is 14.9. The lowest BCUT2D eigenvalue weighted by Crippen LogP contribution is -1.89. The third kappa shape index (κ3) is 2.93. The van der Waals surface area contributed by atoms with Crippen molar-refractivity contribution in [3.05, 3.63) is 97.1 Å². The normalized spacial score (nSPS) is 11.3. The Hall–Kier alpha value is -3.34. The highest BCUT2D eigenvalue weighted by atomic mass is 32.1. The van der Waals surface area contributed by atoms with Crippen LogP contribution in [0, 0.1) is 0 Å². The molecule has 0 bridgehead atoms. The van der Waals surface area contributed by atoms with E-state index in [1.165, 1.54) is 20.5 Å². The lowest BCUT2D eigenvalue weighted by molar-refractivity contribution is 1.44. The number of hydrogen-bond acceptors (Lipinski definition) is 4. The molecule has 0 spiro atoms. The summed E-state index contributed by atoms with van der Waals surface area (Å²) in [5.41, 5.74) is 6.75. The summed E-state index contributed by atoms with van der Waals surface area (Å²) in [5, 5.41) is 2.06. The van der Waals surface area contributed by atoms with Crippen molar-refractivity contribution in [3.63, 3.8) is 0 Å². The molecule has 0 saturated carbocycles. The third-order valence-corrected chi connectivity index (χ3v) is 7.30. The van der Waals surface area contributed by atoms with Crippen molar-refractivity contribution < 1.29 is 0 Å². The van der Waals surface area contributed by atoms with E-state index in [-0.39, 0.29) is 0 Å². The molecule has 0 unspecified atom stereocenters. The smallest absolute Gasteiger partial charge is 0.125 e. The zero-order valence-electron chi connectivity index (χ0n) is 15.9. The molecule has 2 aromatic heterocycles. The van der Waals surface area contributed by atoms with Gasteiger partial charge in [-0.2, -0.15) is 0 Å². The van der Waals surface area contributed by atoms with Gasteiger partial charge in [-0.05, 0) is 35.4 Å². The van der Waals surface area contributed by atoms with E-state index in [0.717, 1.165) is 32.2 Å². The van der Waals surface area contributed by atoms with Gasteiger partial charge in [-0.1, -0.05) is 72.8 Å². The number of rotatable bonds is 3. The van der Waals surface area contributed by atoms with E-state index in [0.29, 0.717) is 0 Å². The number of benzene rings is 4.